The molecule has 0 bridgehead atoms. The minimum absolute atomic E-state index is 0.0245. The van der Waals surface area contributed by atoms with Crippen LogP contribution in [-0.4, -0.2) is 275 Å². The average Bonchev–Trinajstić information content (AvgIpc) is 1.58. The molecular weight excluding hydrogens is 1650 g/mol. The van der Waals surface area contributed by atoms with Gasteiger partial charge in [0.15, 0.2) is 4.24 Å². The van der Waals surface area contributed by atoms with Gasteiger partial charge in [-0.3, -0.25) is 0 Å². The number of nitrogens with zero attached hydrogens (tertiary/aromatic N) is 6. The van der Waals surface area contributed by atoms with Crippen molar-refractivity contribution in [2.24, 2.45) is 0 Å². The van der Waals surface area contributed by atoms with Crippen molar-refractivity contribution in [1.29, 1.82) is 0 Å². The number of likely N-dealkylation sites (N-methyl/N-ethyl adjacent to an activating group) is 6. The van der Waals surface area contributed by atoms with Crippen molar-refractivity contribution in [3.05, 3.63) is 213 Å². The number of rotatable bonds is 36. The fraction of sp³-hybridized carbons (Fsp3) is 0.429. The number of aromatic nitrogens is 6. The molecule has 0 fully saturated rings. The lowest BCUT2D eigenvalue weighted by molar-refractivity contribution is 0.414. The first-order valence-electron chi connectivity index (χ1n) is 65.5. The molecule has 30 nitrogen and oxygen atoms in total. The van der Waals surface area contributed by atoms with Crippen molar-refractivity contribution in [3.8, 4) is 0 Å². The molecule has 0 saturated heterocycles. The van der Waals surface area contributed by atoms with Gasteiger partial charge in [0.05, 0.1) is 67.4 Å². The maximum absolute atomic E-state index is 12.3. The van der Waals surface area contributed by atoms with Crippen LogP contribution in [0.4, 0.5) is 0 Å². The van der Waals surface area contributed by atoms with E-state index < -0.39 is 357 Å². The summed E-state index contributed by atoms with van der Waals surface area (Å²) >= 11 is 0. The topological polar surface area (TPSA) is 391 Å². The molecular formula is C84H126N18O12S6. The summed E-state index contributed by atoms with van der Waals surface area (Å²) in [6.45, 7) is -34.8. The van der Waals surface area contributed by atoms with Gasteiger partial charge in [0.25, 0.3) is 0 Å². The van der Waals surface area contributed by atoms with E-state index in [9.17, 15) is 50.5 Å². The van der Waals surface area contributed by atoms with Crippen molar-refractivity contribution in [1.82, 2.24) is 87.6 Å². The summed E-state index contributed by atoms with van der Waals surface area (Å²) in [6.07, 6.45) is -4.51. The zero-order valence-electron chi connectivity index (χ0n) is 128. The fourth-order valence-electron chi connectivity index (χ4n) is 9.88. The van der Waals surface area contributed by atoms with Crippen LogP contribution in [0.2, 0.25) is 8.47 Å². The highest BCUT2D eigenvalue weighted by atomic mass is 32.2. The third-order valence-electron chi connectivity index (χ3n) is 15.7. The summed E-state index contributed by atoms with van der Waals surface area (Å²) < 4.78 is 639. The molecule has 12 N–H and O–H groups in total. The van der Waals surface area contributed by atoms with E-state index in [-0.39, 0.29) is 161 Å². The van der Waals surface area contributed by atoms with Crippen LogP contribution < -0.4 is 28.3 Å². The summed E-state index contributed by atoms with van der Waals surface area (Å²) in [6, 6.07) is -10.0. The van der Waals surface area contributed by atoms with Crippen molar-refractivity contribution in [2.75, 3.05) is 165 Å². The van der Waals surface area contributed by atoms with Gasteiger partial charge in [0, 0.05) is 187 Å². The van der Waals surface area contributed by atoms with Crippen molar-refractivity contribution >= 4 is 126 Å². The molecule has 0 unspecified atom stereocenters. The molecule has 0 aliphatic carbocycles. The summed E-state index contributed by atoms with van der Waals surface area (Å²) in [5, 5.41) is -0.706. The fourth-order valence-corrected chi connectivity index (χ4v) is 13.6. The molecule has 6 aromatic heterocycles. The zero-order valence-corrected chi connectivity index (χ0v) is 70.2. The van der Waals surface area contributed by atoms with Gasteiger partial charge in [0.2, 0.25) is 60.1 Å². The van der Waals surface area contributed by atoms with Crippen molar-refractivity contribution < 1.29 is 137 Å². The van der Waals surface area contributed by atoms with E-state index in [4.69, 9.17) is 86.6 Å². The number of nitrogens with one attached hydrogen (secondary N) is 12. The molecule has 660 valence electrons. The third kappa shape index (κ3) is 31.9. The minimum Gasteiger partial charge on any atom is -0.361 e. The summed E-state index contributed by atoms with van der Waals surface area (Å²) in [5.74, 6) is -5.87. The lowest BCUT2D eigenvalue weighted by Crippen LogP contribution is -2.20. The highest BCUT2D eigenvalue weighted by molar-refractivity contribution is 7.90. The second-order valence-corrected chi connectivity index (χ2v) is 36.2. The molecule has 0 spiro atoms. The lowest BCUT2D eigenvalue weighted by Gasteiger charge is -2.08. The Morgan fingerprint density at radius 3 is 0.817 bits per heavy atom. The minimum atomic E-state index is -4.64. The lowest BCUT2D eigenvalue weighted by atomic mass is 10.1. The van der Waals surface area contributed by atoms with Crippen LogP contribution in [-0.2, 0) is 133 Å². The predicted octanol–water partition coefficient (Wildman–Crippen LogP) is 7.93. The van der Waals surface area contributed by atoms with Gasteiger partial charge in [-0.2, -0.15) is 0 Å². The van der Waals surface area contributed by atoms with Crippen LogP contribution in [0.25, 0.3) is 65.4 Å². The normalized spacial score (nSPS) is 21.4. The van der Waals surface area contributed by atoms with E-state index in [0.717, 1.165) is 33.1 Å². The number of hydrogen-bond acceptors (Lipinski definition) is 18. The van der Waals surface area contributed by atoms with Gasteiger partial charge in [-0.1, -0.05) is 36.3 Å². The molecule has 36 heteroatoms. The summed E-state index contributed by atoms with van der Waals surface area (Å²) in [4.78, 5) is 13.7. The predicted molar refractivity (Wildman–Crippen MR) is 493 cm³/mol. The third-order valence-corrected chi connectivity index (χ3v) is 22.3. The molecule has 6 heterocycles. The highest BCUT2D eigenvalue weighted by Crippen LogP contribution is 2.28. The Labute approximate surface area is 800 Å². The molecule has 12 aromatic rings. The van der Waals surface area contributed by atoms with E-state index in [0.29, 0.717) is 38.4 Å². The average molecular weight is 1840 g/mol. The molecule has 0 aliphatic heterocycles. The Kier molecular flexibility index (Phi) is 15.8. The molecule has 0 radical (unpaired) electrons. The van der Waals surface area contributed by atoms with Gasteiger partial charge in [-0.15, -0.1) is 0 Å². The monoisotopic (exact) mass is 1830 g/mol. The molecule has 0 saturated carbocycles. The van der Waals surface area contributed by atoms with E-state index in [2.05, 4.69) is 15.0 Å². The molecule has 12 rings (SSSR count). The van der Waals surface area contributed by atoms with Gasteiger partial charge in [-0.05, 0) is 304 Å². The Hall–Kier alpha value is -8.22. The van der Waals surface area contributed by atoms with Gasteiger partial charge < -0.3 is 59.3 Å². The Balaban J connectivity index is 0.000000293. The summed E-state index contributed by atoms with van der Waals surface area (Å²) in [7, 11) is -14.1. The van der Waals surface area contributed by atoms with E-state index in [1.54, 1.807) is 0 Å². The first-order chi connectivity index (χ1) is 81.9. The largest absolute Gasteiger partial charge is 0.361 e. The van der Waals surface area contributed by atoms with Crippen LogP contribution in [0.1, 0.15) is 145 Å². The smallest absolute Gasteiger partial charge is 0.215 e. The maximum atomic E-state index is 12.3. The number of sulfonamides is 6. The molecule has 0 atom stereocenters. The van der Waals surface area contributed by atoms with E-state index in [1.807, 2.05) is 19.0 Å². The van der Waals surface area contributed by atoms with E-state index >= 15 is 0 Å². The first-order valence-corrected chi connectivity index (χ1v) is 44.1. The van der Waals surface area contributed by atoms with Gasteiger partial charge in [-0.25, -0.2) is 78.8 Å². The second-order valence-electron chi connectivity index (χ2n) is 25.6. The van der Waals surface area contributed by atoms with Crippen LogP contribution in [0.3, 0.4) is 0 Å². The van der Waals surface area contributed by atoms with Crippen LogP contribution >= 0.6 is 0 Å². The van der Waals surface area contributed by atoms with Gasteiger partial charge in [0.1, 0.15) is 4.24 Å². The number of benzene rings is 6. The number of aromatic amines is 6. The van der Waals surface area contributed by atoms with Crippen LogP contribution in [0, 0.1) is 0 Å². The number of hydrogen-bond donors (Lipinski definition) is 12. The second kappa shape index (κ2) is 45.2. The maximum Gasteiger partial charge on any atom is 0.215 e. The quantitative estimate of drug-likeness (QED) is 0.0177. The molecule has 6 aromatic carbocycles. The van der Waals surface area contributed by atoms with Gasteiger partial charge >= 0.3 is 0 Å². The summed E-state index contributed by atoms with van der Waals surface area (Å²) in [5.41, 5.74) is -3.71. The Morgan fingerprint density at radius 2 is 0.550 bits per heavy atom. The number of H-pyrrole nitrogens is 6. The van der Waals surface area contributed by atoms with Crippen molar-refractivity contribution in [3.63, 3.8) is 0 Å². The molecule has 0 aliphatic rings. The van der Waals surface area contributed by atoms with Crippen LogP contribution in [0.5, 0.6) is 0 Å². The standard InChI is InChI=1S/6C14H21N3O2S/c6*1-15-20(18,19)10-11-4-5-14-13(8-11)12(9-16-14)6-7-17(2)3/h6*4-5,8-9,15-16H,6-7,10H2,1-3H3/i1D3,2D3,3D3,4D,5D,7D2,8D,9D;1D3,2D3,4D,5D,7D2,8D,9D;2D3,3D3,4D,5D,8D,9D;1D3,4D,5D,7D2,8D,9D;2D3,4D,5D,8D,9D;4D,5D,8D,9D/hD6. The van der Waals surface area contributed by atoms with Crippen molar-refractivity contribution in [2.45, 2.75) is 73.0 Å². The SMILES string of the molecule is [2H]c1[nH]c2c([2H])c([2H])c(CS(=O)(=O)NC([2H])([2H])[2H])c([2H])c2c1CC([2H])([2H])N(C([2H])([2H])[2H])C([2H])([2H])[2H].[2H]c1[nH]c2c([2H])c([2H])c(CS(=O)(=O)NC([2H])([2H])[2H])c([2H])c2c1CC([2H])([2H])N(C)C.[2H]c1[nH]c2c([2H])c([2H])c(CS(=O)(=O)NC([2H])([2H])[2H])c([2H])c2c1CC([2H])([2H])N(C)C([2H])([2H])[2H].[2H]c1c(CS(=O)(=O)N([2H])C)c([2H])c2c(CCN(C([2H])([2H])[2H])C([2H])([2H])[2H])c([2H])n([2H])c2c1[2H].[2H]c1c(CS(=O)(=O)N([2H])C)c([2H])c2c(CCN(C)C([2H])([2H])[2H])c([2H])n([2H])c2c1[2H].[2H]c1c(CS(=O)(=O)N([2H])C)c([2H])c2c(CCN(C)C)c([2H])n([2H])c2c1[2H]. The van der Waals surface area contributed by atoms with E-state index in [1.165, 1.54) is 40.2 Å². The number of fused-ring (bicyclic) bond motifs is 6. The molecule has 0 amide bonds. The Bertz CT molecular complexity index is 9220. The zero-order chi connectivity index (χ0) is 142. The molecule has 120 heavy (non-hydrogen) atoms. The first kappa shape index (κ1) is 42.0. The highest BCUT2D eigenvalue weighted by Gasteiger charge is 2.19. The Morgan fingerprint density at radius 1 is 0.308 bits per heavy atom. The number of aryl methyl sites for hydroxylation is 3. The van der Waals surface area contributed by atoms with Crippen LogP contribution in [0.15, 0.2) is 146 Å².